The van der Waals surface area contributed by atoms with Gasteiger partial charge in [0.15, 0.2) is 5.67 Å². The highest BCUT2D eigenvalue weighted by Crippen LogP contribution is 2.32. The van der Waals surface area contributed by atoms with Crippen LogP contribution in [-0.4, -0.2) is 48.5 Å². The fraction of sp³-hybridized carbons (Fsp3) is 1.00. The van der Waals surface area contributed by atoms with Gasteiger partial charge in [0.25, 0.3) is 0 Å². The van der Waals surface area contributed by atoms with Gasteiger partial charge in [-0.25, -0.2) is 4.39 Å². The molecule has 5 heteroatoms. The standard InChI is InChI=1S/C6H12BFO3/c1-6(8)4(10)3(2-9)11-5(6)7/h3-5,9-10H,2,7H2,1H3/t3?,4-,5?,6-/m1/s1. The van der Waals surface area contributed by atoms with Crippen molar-refractivity contribution in [3.8, 4) is 0 Å². The lowest BCUT2D eigenvalue weighted by atomic mass is 9.83. The van der Waals surface area contributed by atoms with Crippen molar-refractivity contribution in [2.24, 2.45) is 0 Å². The van der Waals surface area contributed by atoms with Crippen molar-refractivity contribution in [1.29, 1.82) is 0 Å². The van der Waals surface area contributed by atoms with Crippen LogP contribution in [0.15, 0.2) is 0 Å². The molecule has 0 spiro atoms. The topological polar surface area (TPSA) is 49.7 Å². The summed E-state index contributed by atoms with van der Waals surface area (Å²) in [6.07, 6.45) is -2.00. The molecule has 3 nitrogen and oxygen atoms in total. The van der Waals surface area contributed by atoms with E-state index in [2.05, 4.69) is 0 Å². The van der Waals surface area contributed by atoms with Crippen LogP contribution in [-0.2, 0) is 4.74 Å². The van der Waals surface area contributed by atoms with Crippen molar-refractivity contribution in [3.63, 3.8) is 0 Å². The molecule has 0 aromatic carbocycles. The molecule has 2 unspecified atom stereocenters. The van der Waals surface area contributed by atoms with Gasteiger partial charge in [-0.05, 0) is 6.92 Å². The molecular weight excluding hydrogens is 150 g/mol. The lowest BCUT2D eigenvalue weighted by Gasteiger charge is -2.20. The minimum absolute atomic E-state index is 0.342. The summed E-state index contributed by atoms with van der Waals surface area (Å²) < 4.78 is 18.3. The first-order valence-corrected chi connectivity index (χ1v) is 3.63. The van der Waals surface area contributed by atoms with Gasteiger partial charge < -0.3 is 14.9 Å². The normalized spacial score (nSPS) is 51.5. The lowest BCUT2D eigenvalue weighted by Crippen LogP contribution is -2.42. The smallest absolute Gasteiger partial charge is 0.154 e. The maximum absolute atomic E-state index is 13.3. The van der Waals surface area contributed by atoms with Crippen molar-refractivity contribution in [3.05, 3.63) is 0 Å². The number of aliphatic hydroxyl groups is 2. The Kier molecular flexibility index (Phi) is 2.23. The Labute approximate surface area is 65.6 Å². The Bertz CT molecular complexity index is 153. The molecule has 1 saturated heterocycles. The van der Waals surface area contributed by atoms with Gasteiger partial charge in [0.2, 0.25) is 0 Å². The van der Waals surface area contributed by atoms with Crippen LogP contribution in [0.1, 0.15) is 6.92 Å². The van der Waals surface area contributed by atoms with Gasteiger partial charge >= 0.3 is 0 Å². The molecule has 1 fully saturated rings. The fourth-order valence-electron chi connectivity index (χ4n) is 1.22. The van der Waals surface area contributed by atoms with Crippen molar-refractivity contribution in [2.45, 2.75) is 30.8 Å². The number of hydrogen-bond acceptors (Lipinski definition) is 3. The number of halogens is 1. The molecule has 0 aromatic rings. The first-order chi connectivity index (χ1) is 5.00. The lowest BCUT2D eigenvalue weighted by molar-refractivity contribution is -0.0113. The van der Waals surface area contributed by atoms with Crippen LogP contribution in [0.5, 0.6) is 0 Å². The summed E-state index contributed by atoms with van der Waals surface area (Å²) in [4.78, 5) is 0. The molecule has 0 aliphatic carbocycles. The third kappa shape index (κ3) is 1.28. The summed E-state index contributed by atoms with van der Waals surface area (Å²) in [5.41, 5.74) is -1.74. The predicted molar refractivity (Wildman–Crippen MR) is 39.8 cm³/mol. The summed E-state index contributed by atoms with van der Waals surface area (Å²) in [5.74, 6) is 0. The van der Waals surface area contributed by atoms with E-state index < -0.39 is 23.9 Å². The molecule has 11 heavy (non-hydrogen) atoms. The molecule has 2 N–H and O–H groups in total. The van der Waals surface area contributed by atoms with Gasteiger partial charge in [0, 0.05) is 0 Å². The van der Waals surface area contributed by atoms with E-state index in [1.54, 1.807) is 7.85 Å². The maximum Gasteiger partial charge on any atom is 0.154 e. The zero-order valence-corrected chi connectivity index (χ0v) is 6.62. The van der Waals surface area contributed by atoms with Crippen LogP contribution in [0.4, 0.5) is 4.39 Å². The summed E-state index contributed by atoms with van der Waals surface area (Å²) in [7, 11) is 1.54. The Morgan fingerprint density at radius 1 is 1.73 bits per heavy atom. The van der Waals surface area contributed by atoms with Crippen molar-refractivity contribution in [1.82, 2.24) is 0 Å². The quantitative estimate of drug-likeness (QED) is 0.457. The van der Waals surface area contributed by atoms with E-state index in [-0.39, 0.29) is 6.61 Å². The van der Waals surface area contributed by atoms with E-state index >= 15 is 0 Å². The molecule has 0 aromatic heterocycles. The van der Waals surface area contributed by atoms with E-state index in [1.165, 1.54) is 6.92 Å². The second-order valence-corrected chi connectivity index (χ2v) is 3.10. The molecule has 64 valence electrons. The first kappa shape index (κ1) is 8.97. The molecule has 0 saturated carbocycles. The molecule has 0 radical (unpaired) electrons. The molecule has 1 rings (SSSR count). The van der Waals surface area contributed by atoms with Crippen LogP contribution in [0, 0.1) is 0 Å². The average molecular weight is 162 g/mol. The predicted octanol–water partition coefficient (Wildman–Crippen LogP) is -1.57. The van der Waals surface area contributed by atoms with Crippen LogP contribution in [0.2, 0.25) is 0 Å². The average Bonchev–Trinajstić information content (AvgIpc) is 2.14. The van der Waals surface area contributed by atoms with Gasteiger partial charge in [-0.2, -0.15) is 0 Å². The van der Waals surface area contributed by atoms with Crippen LogP contribution in [0.25, 0.3) is 0 Å². The van der Waals surface area contributed by atoms with E-state index in [1.807, 2.05) is 0 Å². The summed E-state index contributed by atoms with van der Waals surface area (Å²) in [6.45, 7) is 0.934. The Morgan fingerprint density at radius 3 is 2.45 bits per heavy atom. The Balaban J connectivity index is 2.71. The Hall–Kier alpha value is -0.125. The van der Waals surface area contributed by atoms with E-state index in [0.717, 1.165) is 0 Å². The second-order valence-electron chi connectivity index (χ2n) is 3.10. The van der Waals surface area contributed by atoms with E-state index in [9.17, 15) is 9.50 Å². The molecule has 1 aliphatic heterocycles. The minimum atomic E-state index is -1.74. The van der Waals surface area contributed by atoms with Crippen LogP contribution >= 0.6 is 0 Å². The van der Waals surface area contributed by atoms with Gasteiger partial charge in [0.05, 0.1) is 12.6 Å². The van der Waals surface area contributed by atoms with Gasteiger partial charge in [-0.3, -0.25) is 0 Å². The number of hydrogen-bond donors (Lipinski definition) is 2. The molecule has 0 bridgehead atoms. The molecule has 4 atom stereocenters. The number of alkyl halides is 1. The van der Waals surface area contributed by atoms with Gasteiger partial charge in [-0.15, -0.1) is 0 Å². The molecular formula is C6H12BFO3. The maximum atomic E-state index is 13.3. The minimum Gasteiger partial charge on any atom is -0.394 e. The van der Waals surface area contributed by atoms with Gasteiger partial charge in [-0.1, -0.05) is 0 Å². The fourth-order valence-corrected chi connectivity index (χ4v) is 1.22. The van der Waals surface area contributed by atoms with Crippen LogP contribution in [0.3, 0.4) is 0 Å². The number of aliphatic hydroxyl groups excluding tert-OH is 2. The van der Waals surface area contributed by atoms with Gasteiger partial charge in [0.1, 0.15) is 20.1 Å². The van der Waals surface area contributed by atoms with E-state index in [4.69, 9.17) is 9.84 Å². The highest BCUT2D eigenvalue weighted by atomic mass is 19.1. The number of rotatable bonds is 1. The zero-order chi connectivity index (χ0) is 8.65. The van der Waals surface area contributed by atoms with Crippen molar-refractivity contribution >= 4 is 7.85 Å². The molecule has 1 heterocycles. The number of ether oxygens (including phenoxy) is 1. The Morgan fingerprint density at radius 2 is 2.27 bits per heavy atom. The SMILES string of the molecule is BC1OC(CO)[C@@H](O)[C@@]1(C)F. The molecule has 1 aliphatic rings. The largest absolute Gasteiger partial charge is 0.394 e. The summed E-state index contributed by atoms with van der Waals surface area (Å²) >= 11 is 0. The third-order valence-corrected chi connectivity index (χ3v) is 2.28. The van der Waals surface area contributed by atoms with Crippen molar-refractivity contribution in [2.75, 3.05) is 6.61 Å². The zero-order valence-electron chi connectivity index (χ0n) is 6.62. The van der Waals surface area contributed by atoms with E-state index in [0.29, 0.717) is 0 Å². The third-order valence-electron chi connectivity index (χ3n) is 2.28. The first-order valence-electron chi connectivity index (χ1n) is 3.63. The second kappa shape index (κ2) is 2.73. The summed E-state index contributed by atoms with van der Waals surface area (Å²) in [6, 6.07) is -0.658. The summed E-state index contributed by atoms with van der Waals surface area (Å²) in [5, 5.41) is 17.9. The monoisotopic (exact) mass is 162 g/mol. The van der Waals surface area contributed by atoms with Crippen molar-refractivity contribution < 1.29 is 19.3 Å². The molecule has 0 amide bonds. The highest BCUT2D eigenvalue weighted by Gasteiger charge is 2.50. The highest BCUT2D eigenvalue weighted by molar-refractivity contribution is 6.12. The van der Waals surface area contributed by atoms with Crippen LogP contribution < -0.4 is 0 Å².